The standard InChI is InChI=1S/C13H17Cl2FN2O2S/c1-2-17-3-5-18(6-4-17)21(19,20)12-8-11(15)7-10(9-14)13(12)16/h7-8H,2-6,9H2,1H3. The molecule has 118 valence electrons. The van der Waals surface area contributed by atoms with Gasteiger partial charge < -0.3 is 4.90 Å². The first-order chi connectivity index (χ1) is 9.90. The number of nitrogens with zero attached hydrogens (tertiary/aromatic N) is 2. The summed E-state index contributed by atoms with van der Waals surface area (Å²) in [6.07, 6.45) is 0. The first-order valence-corrected chi connectivity index (χ1v) is 9.01. The van der Waals surface area contributed by atoms with Crippen LogP contribution in [0.2, 0.25) is 5.02 Å². The van der Waals surface area contributed by atoms with E-state index in [-0.39, 0.29) is 16.5 Å². The van der Waals surface area contributed by atoms with Crippen molar-refractivity contribution in [3.05, 3.63) is 28.5 Å². The van der Waals surface area contributed by atoms with Crippen molar-refractivity contribution in [2.24, 2.45) is 0 Å². The predicted octanol–water partition coefficient (Wildman–Crippen LogP) is 2.54. The summed E-state index contributed by atoms with van der Waals surface area (Å²) in [5, 5.41) is 0.165. The lowest BCUT2D eigenvalue weighted by molar-refractivity contribution is 0.196. The van der Waals surface area contributed by atoms with Gasteiger partial charge in [-0.05, 0) is 18.7 Å². The van der Waals surface area contributed by atoms with Crippen LogP contribution in [0, 0.1) is 5.82 Å². The molecule has 0 amide bonds. The Kier molecular flexibility index (Phi) is 5.48. The molecule has 8 heteroatoms. The van der Waals surface area contributed by atoms with Gasteiger partial charge in [0.2, 0.25) is 10.0 Å². The molecule has 0 bridgehead atoms. The van der Waals surface area contributed by atoms with Crippen LogP contribution in [0.1, 0.15) is 12.5 Å². The highest BCUT2D eigenvalue weighted by atomic mass is 35.5. The lowest BCUT2D eigenvalue weighted by atomic mass is 10.2. The first-order valence-electron chi connectivity index (χ1n) is 6.66. The summed E-state index contributed by atoms with van der Waals surface area (Å²) in [5.41, 5.74) is 0.0925. The molecule has 1 fully saturated rings. The van der Waals surface area contributed by atoms with Crippen LogP contribution >= 0.6 is 23.2 Å². The minimum absolute atomic E-state index is 0.0925. The van der Waals surface area contributed by atoms with E-state index in [1.807, 2.05) is 6.92 Å². The molecule has 0 spiro atoms. The zero-order valence-corrected chi connectivity index (χ0v) is 14.0. The SMILES string of the molecule is CCN1CCN(S(=O)(=O)c2cc(Cl)cc(CCl)c2F)CC1. The van der Waals surface area contributed by atoms with Crippen LogP contribution in [0.15, 0.2) is 17.0 Å². The number of benzene rings is 1. The molecule has 1 aliphatic rings. The van der Waals surface area contributed by atoms with E-state index in [1.54, 1.807) is 0 Å². The molecule has 4 nitrogen and oxygen atoms in total. The lowest BCUT2D eigenvalue weighted by Crippen LogP contribution is -2.48. The molecule has 0 unspecified atom stereocenters. The van der Waals surface area contributed by atoms with Crippen molar-refractivity contribution in [2.75, 3.05) is 32.7 Å². The molecule has 0 saturated carbocycles. The van der Waals surface area contributed by atoms with Gasteiger partial charge in [-0.3, -0.25) is 0 Å². The predicted molar refractivity (Wildman–Crippen MR) is 81.8 cm³/mol. The third-order valence-corrected chi connectivity index (χ3v) is 6.02. The smallest absolute Gasteiger partial charge is 0.246 e. The van der Waals surface area contributed by atoms with Crippen molar-refractivity contribution in [1.82, 2.24) is 9.21 Å². The Bertz CT molecular complexity index is 617. The summed E-state index contributed by atoms with van der Waals surface area (Å²) in [4.78, 5) is 1.75. The number of hydrogen-bond acceptors (Lipinski definition) is 3. The number of halogens is 3. The Balaban J connectivity index is 2.34. The average molecular weight is 355 g/mol. The summed E-state index contributed by atoms with van der Waals surface area (Å²) >= 11 is 11.5. The third-order valence-electron chi connectivity index (χ3n) is 3.62. The van der Waals surface area contributed by atoms with Gasteiger partial charge in [-0.2, -0.15) is 4.31 Å². The molecule has 0 aromatic heterocycles. The molecule has 21 heavy (non-hydrogen) atoms. The summed E-state index contributed by atoms with van der Waals surface area (Å²) in [5.74, 6) is -0.939. The number of hydrogen-bond donors (Lipinski definition) is 0. The van der Waals surface area contributed by atoms with E-state index < -0.39 is 20.7 Å². The highest BCUT2D eigenvalue weighted by Crippen LogP contribution is 2.27. The Labute approximate surface area is 134 Å². The number of alkyl halides is 1. The third kappa shape index (κ3) is 3.51. The van der Waals surface area contributed by atoms with Crippen LogP contribution in [-0.4, -0.2) is 50.3 Å². The highest BCUT2D eigenvalue weighted by Gasteiger charge is 2.31. The summed E-state index contributed by atoms with van der Waals surface area (Å²) < 4.78 is 40.8. The zero-order chi connectivity index (χ0) is 15.6. The van der Waals surface area contributed by atoms with Gasteiger partial charge in [-0.25, -0.2) is 12.8 Å². The van der Waals surface area contributed by atoms with E-state index in [0.29, 0.717) is 26.2 Å². The van der Waals surface area contributed by atoms with E-state index in [9.17, 15) is 12.8 Å². The molecule has 0 N–H and O–H groups in total. The second-order valence-corrected chi connectivity index (χ2v) is 7.46. The topological polar surface area (TPSA) is 40.6 Å². The van der Waals surface area contributed by atoms with Gasteiger partial charge in [0.25, 0.3) is 0 Å². The van der Waals surface area contributed by atoms with E-state index >= 15 is 0 Å². The Hall–Kier alpha value is -0.400. The molecule has 2 rings (SSSR count). The fourth-order valence-corrected chi connectivity index (χ4v) is 4.38. The number of rotatable bonds is 4. The summed E-state index contributed by atoms with van der Waals surface area (Å²) in [6, 6.07) is 2.49. The van der Waals surface area contributed by atoms with E-state index in [4.69, 9.17) is 23.2 Å². The van der Waals surface area contributed by atoms with E-state index in [0.717, 1.165) is 12.6 Å². The Morgan fingerprint density at radius 3 is 2.38 bits per heavy atom. The van der Waals surface area contributed by atoms with Gasteiger partial charge in [0.15, 0.2) is 0 Å². The van der Waals surface area contributed by atoms with Crippen LogP contribution in [-0.2, 0) is 15.9 Å². The van der Waals surface area contributed by atoms with Gasteiger partial charge in [0.05, 0.1) is 5.88 Å². The quantitative estimate of drug-likeness (QED) is 0.780. The van der Waals surface area contributed by atoms with Gasteiger partial charge in [0.1, 0.15) is 10.7 Å². The van der Waals surface area contributed by atoms with Crippen molar-refractivity contribution < 1.29 is 12.8 Å². The number of sulfonamides is 1. The van der Waals surface area contributed by atoms with Crippen LogP contribution in [0.25, 0.3) is 0 Å². The van der Waals surface area contributed by atoms with Crippen molar-refractivity contribution in [3.63, 3.8) is 0 Å². The van der Waals surface area contributed by atoms with Crippen LogP contribution in [0.4, 0.5) is 4.39 Å². The van der Waals surface area contributed by atoms with Crippen molar-refractivity contribution in [1.29, 1.82) is 0 Å². The second-order valence-electron chi connectivity index (χ2n) is 4.85. The first kappa shape index (κ1) is 17.0. The molecular formula is C13H17Cl2FN2O2S. The maximum absolute atomic E-state index is 14.3. The summed E-state index contributed by atoms with van der Waals surface area (Å²) in [6.45, 7) is 4.86. The number of likely N-dealkylation sites (N-methyl/N-ethyl adjacent to an activating group) is 1. The van der Waals surface area contributed by atoms with Gasteiger partial charge in [-0.15, -0.1) is 11.6 Å². The minimum Gasteiger partial charge on any atom is -0.301 e. The van der Waals surface area contributed by atoms with Crippen LogP contribution < -0.4 is 0 Å². The minimum atomic E-state index is -3.89. The van der Waals surface area contributed by atoms with Gasteiger partial charge >= 0.3 is 0 Å². The average Bonchev–Trinajstić information content (AvgIpc) is 2.49. The molecule has 1 heterocycles. The number of piperazine rings is 1. The molecule has 1 aromatic rings. The molecule has 0 radical (unpaired) electrons. The van der Waals surface area contributed by atoms with Gasteiger partial charge in [-0.1, -0.05) is 18.5 Å². The molecule has 1 aromatic carbocycles. The Morgan fingerprint density at radius 2 is 1.86 bits per heavy atom. The fraction of sp³-hybridized carbons (Fsp3) is 0.538. The summed E-state index contributed by atoms with van der Waals surface area (Å²) in [7, 11) is -3.89. The largest absolute Gasteiger partial charge is 0.301 e. The Morgan fingerprint density at radius 1 is 1.24 bits per heavy atom. The normalized spacial score (nSPS) is 18.1. The maximum Gasteiger partial charge on any atom is 0.246 e. The van der Waals surface area contributed by atoms with Crippen LogP contribution in [0.3, 0.4) is 0 Å². The molecular weight excluding hydrogens is 338 g/mol. The lowest BCUT2D eigenvalue weighted by Gasteiger charge is -2.33. The molecule has 1 aliphatic heterocycles. The second kappa shape index (κ2) is 6.79. The van der Waals surface area contributed by atoms with Gasteiger partial charge in [0, 0.05) is 36.8 Å². The van der Waals surface area contributed by atoms with Crippen molar-refractivity contribution in [2.45, 2.75) is 17.7 Å². The van der Waals surface area contributed by atoms with Crippen molar-refractivity contribution >= 4 is 33.2 Å². The van der Waals surface area contributed by atoms with E-state index in [2.05, 4.69) is 4.90 Å². The molecule has 0 atom stereocenters. The van der Waals surface area contributed by atoms with Crippen molar-refractivity contribution in [3.8, 4) is 0 Å². The molecule has 0 aliphatic carbocycles. The highest BCUT2D eigenvalue weighted by molar-refractivity contribution is 7.89. The fourth-order valence-electron chi connectivity index (χ4n) is 2.33. The van der Waals surface area contributed by atoms with E-state index in [1.165, 1.54) is 10.4 Å². The monoisotopic (exact) mass is 354 g/mol. The van der Waals surface area contributed by atoms with Crippen LogP contribution in [0.5, 0.6) is 0 Å². The maximum atomic E-state index is 14.3. The molecule has 1 saturated heterocycles. The zero-order valence-electron chi connectivity index (χ0n) is 11.7.